The van der Waals surface area contributed by atoms with Gasteiger partial charge in [-0.25, -0.2) is 0 Å². The SMILES string of the molecule is ON=C(Nc1ccccc1C(F)(F)F)c1cccnc1. The predicted molar refractivity (Wildman–Crippen MR) is 67.6 cm³/mol. The van der Waals surface area contributed by atoms with Gasteiger partial charge in [-0.3, -0.25) is 4.98 Å². The molecule has 1 aromatic carbocycles. The molecule has 0 fully saturated rings. The molecule has 2 N–H and O–H groups in total. The molecule has 2 aromatic rings. The number of halogens is 3. The number of alkyl halides is 3. The number of hydrogen-bond acceptors (Lipinski definition) is 3. The van der Waals surface area contributed by atoms with Gasteiger partial charge in [0, 0.05) is 18.0 Å². The van der Waals surface area contributed by atoms with Gasteiger partial charge in [-0.05, 0) is 24.3 Å². The highest BCUT2D eigenvalue weighted by Gasteiger charge is 2.33. The minimum atomic E-state index is -4.50. The highest BCUT2D eigenvalue weighted by atomic mass is 19.4. The van der Waals surface area contributed by atoms with Crippen molar-refractivity contribution in [2.24, 2.45) is 5.16 Å². The number of oxime groups is 1. The second-order valence-corrected chi connectivity index (χ2v) is 3.86. The highest BCUT2D eigenvalue weighted by Crippen LogP contribution is 2.34. The number of anilines is 1. The number of aromatic nitrogens is 1. The maximum atomic E-state index is 12.9. The van der Waals surface area contributed by atoms with Crippen molar-refractivity contribution in [1.82, 2.24) is 4.98 Å². The lowest BCUT2D eigenvalue weighted by molar-refractivity contribution is -0.136. The van der Waals surface area contributed by atoms with Crippen LogP contribution >= 0.6 is 0 Å². The molecule has 2 rings (SSSR count). The van der Waals surface area contributed by atoms with Gasteiger partial charge < -0.3 is 10.5 Å². The summed E-state index contributed by atoms with van der Waals surface area (Å²) in [6, 6.07) is 8.08. The van der Waals surface area contributed by atoms with E-state index in [9.17, 15) is 13.2 Å². The van der Waals surface area contributed by atoms with E-state index in [-0.39, 0.29) is 11.5 Å². The highest BCUT2D eigenvalue weighted by molar-refractivity contribution is 6.08. The molecule has 0 saturated carbocycles. The predicted octanol–water partition coefficient (Wildman–Crippen LogP) is 3.35. The number of pyridine rings is 1. The number of para-hydroxylation sites is 1. The quantitative estimate of drug-likeness (QED) is 0.384. The maximum absolute atomic E-state index is 12.9. The van der Waals surface area contributed by atoms with Crippen LogP contribution in [-0.4, -0.2) is 16.0 Å². The van der Waals surface area contributed by atoms with Crippen molar-refractivity contribution in [2.75, 3.05) is 5.32 Å². The molecule has 0 radical (unpaired) electrons. The Balaban J connectivity index is 2.35. The fraction of sp³-hybridized carbons (Fsp3) is 0.0769. The van der Waals surface area contributed by atoms with Crippen LogP contribution in [0.2, 0.25) is 0 Å². The molecule has 0 spiro atoms. The molecular weight excluding hydrogens is 271 g/mol. The van der Waals surface area contributed by atoms with E-state index in [1.54, 1.807) is 12.1 Å². The molecule has 1 heterocycles. The van der Waals surface area contributed by atoms with Gasteiger partial charge in [0.25, 0.3) is 0 Å². The largest absolute Gasteiger partial charge is 0.418 e. The third-order valence-corrected chi connectivity index (χ3v) is 2.52. The Morgan fingerprint density at radius 1 is 1.15 bits per heavy atom. The monoisotopic (exact) mass is 281 g/mol. The molecule has 4 nitrogen and oxygen atoms in total. The average Bonchev–Trinajstić information content (AvgIpc) is 2.45. The van der Waals surface area contributed by atoms with Gasteiger partial charge in [-0.1, -0.05) is 17.3 Å². The fourth-order valence-corrected chi connectivity index (χ4v) is 1.62. The molecule has 0 aliphatic rings. The van der Waals surface area contributed by atoms with Crippen LogP contribution in [0, 0.1) is 0 Å². The van der Waals surface area contributed by atoms with Gasteiger partial charge in [0.05, 0.1) is 11.3 Å². The van der Waals surface area contributed by atoms with Crippen LogP contribution in [0.1, 0.15) is 11.1 Å². The molecule has 0 aliphatic heterocycles. The standard InChI is InChI=1S/C13H10F3N3O/c14-13(15,16)10-5-1-2-6-11(10)18-12(19-20)9-4-3-7-17-8-9/h1-8,20H,(H,18,19). The first-order valence-corrected chi connectivity index (χ1v) is 5.58. The molecule has 0 atom stereocenters. The topological polar surface area (TPSA) is 57.5 Å². The summed E-state index contributed by atoms with van der Waals surface area (Å²) in [5.41, 5.74) is -0.673. The lowest BCUT2D eigenvalue weighted by Gasteiger charge is -2.14. The van der Waals surface area contributed by atoms with Crippen LogP contribution in [0.5, 0.6) is 0 Å². The van der Waals surface area contributed by atoms with Crippen LogP contribution in [-0.2, 0) is 6.18 Å². The van der Waals surface area contributed by atoms with Crippen molar-refractivity contribution < 1.29 is 18.4 Å². The fourth-order valence-electron chi connectivity index (χ4n) is 1.62. The summed E-state index contributed by atoms with van der Waals surface area (Å²) in [6.45, 7) is 0. The zero-order valence-electron chi connectivity index (χ0n) is 10.1. The molecule has 104 valence electrons. The normalized spacial score (nSPS) is 12.2. The van der Waals surface area contributed by atoms with Crippen molar-refractivity contribution in [2.45, 2.75) is 6.18 Å². The van der Waals surface area contributed by atoms with Crippen molar-refractivity contribution in [3.8, 4) is 0 Å². The average molecular weight is 281 g/mol. The molecule has 1 aromatic heterocycles. The van der Waals surface area contributed by atoms with E-state index in [1.807, 2.05) is 0 Å². The van der Waals surface area contributed by atoms with Crippen LogP contribution in [0.3, 0.4) is 0 Å². The lowest BCUT2D eigenvalue weighted by Crippen LogP contribution is -2.17. The zero-order valence-corrected chi connectivity index (χ0v) is 10.1. The Bertz CT molecular complexity index is 612. The summed E-state index contributed by atoms with van der Waals surface area (Å²) < 4.78 is 38.6. The van der Waals surface area contributed by atoms with E-state index in [1.165, 1.54) is 30.6 Å². The molecule has 0 saturated heterocycles. The number of nitrogens with one attached hydrogen (secondary N) is 1. The second-order valence-electron chi connectivity index (χ2n) is 3.86. The summed E-state index contributed by atoms with van der Waals surface area (Å²) >= 11 is 0. The van der Waals surface area contributed by atoms with Gasteiger partial charge >= 0.3 is 6.18 Å². The number of hydrogen-bond donors (Lipinski definition) is 2. The van der Waals surface area contributed by atoms with Crippen LogP contribution < -0.4 is 5.32 Å². The number of benzene rings is 1. The van der Waals surface area contributed by atoms with E-state index in [2.05, 4.69) is 15.5 Å². The van der Waals surface area contributed by atoms with Gasteiger partial charge in [0.2, 0.25) is 0 Å². The van der Waals surface area contributed by atoms with E-state index >= 15 is 0 Å². The first kappa shape index (κ1) is 13.9. The summed E-state index contributed by atoms with van der Waals surface area (Å²) in [4.78, 5) is 3.81. The molecular formula is C13H10F3N3O. The molecule has 0 unspecified atom stereocenters. The van der Waals surface area contributed by atoms with Crippen molar-refractivity contribution in [3.05, 3.63) is 59.9 Å². The Labute approximate surface area is 112 Å². The van der Waals surface area contributed by atoms with Crippen molar-refractivity contribution in [3.63, 3.8) is 0 Å². The Hall–Kier alpha value is -2.57. The van der Waals surface area contributed by atoms with Gasteiger partial charge in [0.15, 0.2) is 5.84 Å². The van der Waals surface area contributed by atoms with E-state index in [0.29, 0.717) is 5.56 Å². The first-order chi connectivity index (χ1) is 9.52. The third kappa shape index (κ3) is 3.05. The molecule has 0 aliphatic carbocycles. The second kappa shape index (κ2) is 5.60. The van der Waals surface area contributed by atoms with E-state index in [4.69, 9.17) is 5.21 Å². The van der Waals surface area contributed by atoms with Gasteiger partial charge in [0.1, 0.15) is 0 Å². The number of amidine groups is 1. The van der Waals surface area contributed by atoms with Crippen LogP contribution in [0.25, 0.3) is 0 Å². The molecule has 0 bridgehead atoms. The smallest absolute Gasteiger partial charge is 0.409 e. The first-order valence-electron chi connectivity index (χ1n) is 5.58. The van der Waals surface area contributed by atoms with Crippen molar-refractivity contribution >= 4 is 11.5 Å². The number of nitrogens with zero attached hydrogens (tertiary/aromatic N) is 2. The van der Waals surface area contributed by atoms with E-state index < -0.39 is 11.7 Å². The molecule has 0 amide bonds. The van der Waals surface area contributed by atoms with Gasteiger partial charge in [-0.15, -0.1) is 0 Å². The molecule has 7 heteroatoms. The van der Waals surface area contributed by atoms with E-state index in [0.717, 1.165) is 6.07 Å². The number of rotatable bonds is 2. The van der Waals surface area contributed by atoms with Crippen LogP contribution in [0.4, 0.5) is 18.9 Å². The Kier molecular flexibility index (Phi) is 3.88. The summed E-state index contributed by atoms with van der Waals surface area (Å²) in [5, 5.41) is 14.4. The summed E-state index contributed by atoms with van der Waals surface area (Å²) in [7, 11) is 0. The summed E-state index contributed by atoms with van der Waals surface area (Å²) in [6.07, 6.45) is -1.63. The third-order valence-electron chi connectivity index (χ3n) is 2.52. The molecule has 20 heavy (non-hydrogen) atoms. The zero-order chi connectivity index (χ0) is 14.6. The summed E-state index contributed by atoms with van der Waals surface area (Å²) in [5.74, 6) is -0.116. The minimum Gasteiger partial charge on any atom is -0.409 e. The maximum Gasteiger partial charge on any atom is 0.418 e. The van der Waals surface area contributed by atoms with Crippen LogP contribution in [0.15, 0.2) is 53.9 Å². The Morgan fingerprint density at radius 3 is 2.50 bits per heavy atom. The Morgan fingerprint density at radius 2 is 1.90 bits per heavy atom. The van der Waals surface area contributed by atoms with Crippen molar-refractivity contribution in [1.29, 1.82) is 0 Å². The lowest BCUT2D eigenvalue weighted by atomic mass is 10.1. The van der Waals surface area contributed by atoms with Gasteiger partial charge in [-0.2, -0.15) is 13.2 Å². The minimum absolute atomic E-state index is 0.116.